The monoisotopic (exact) mass is 608 g/mol. The first kappa shape index (κ1) is 29.3. The third kappa shape index (κ3) is 5.86. The van der Waals surface area contributed by atoms with Crippen LogP contribution in [-0.2, 0) is 6.54 Å². The van der Waals surface area contributed by atoms with Crippen molar-refractivity contribution < 1.29 is 4.79 Å². The molecule has 2 aromatic carbocycles. The minimum absolute atomic E-state index is 0.193. The van der Waals surface area contributed by atoms with Gasteiger partial charge in [-0.25, -0.2) is 4.98 Å². The van der Waals surface area contributed by atoms with Crippen LogP contribution in [0.5, 0.6) is 0 Å². The number of nitrogens with one attached hydrogen (secondary N) is 2. The molecule has 3 aromatic heterocycles. The summed E-state index contributed by atoms with van der Waals surface area (Å²) in [6, 6.07) is 19.0. The Morgan fingerprint density at radius 3 is 2.39 bits per heavy atom. The van der Waals surface area contributed by atoms with Crippen LogP contribution in [0.4, 0.5) is 17.3 Å². The number of fused-ring (bicyclic) bond motifs is 1. The van der Waals surface area contributed by atoms with Crippen LogP contribution in [0, 0.1) is 0 Å². The van der Waals surface area contributed by atoms with E-state index < -0.39 is 0 Å². The number of anilines is 3. The molecule has 1 amide bonds. The maximum absolute atomic E-state index is 13.7. The van der Waals surface area contributed by atoms with Gasteiger partial charge in [-0.3, -0.25) is 19.1 Å². The van der Waals surface area contributed by atoms with Crippen LogP contribution in [-0.4, -0.2) is 70.6 Å². The second-order valence-corrected chi connectivity index (χ2v) is 11.2. The Balaban J connectivity index is 1.27. The van der Waals surface area contributed by atoms with Gasteiger partial charge in [0, 0.05) is 85.1 Å². The predicted octanol–water partition coefficient (Wildman–Crippen LogP) is 5.05. The van der Waals surface area contributed by atoms with Crippen molar-refractivity contribution >= 4 is 45.9 Å². The molecule has 1 aliphatic heterocycles. The maximum atomic E-state index is 13.7. The molecule has 0 bridgehead atoms. The molecule has 0 saturated carbocycles. The zero-order valence-electron chi connectivity index (χ0n) is 24.8. The van der Waals surface area contributed by atoms with E-state index in [4.69, 9.17) is 16.6 Å². The number of carbonyl (C=O) groups is 1. The Labute approximate surface area is 260 Å². The first-order valence-electron chi connectivity index (χ1n) is 14.5. The van der Waals surface area contributed by atoms with E-state index in [1.165, 1.54) is 5.69 Å². The van der Waals surface area contributed by atoms with Crippen molar-refractivity contribution in [3.63, 3.8) is 0 Å². The summed E-state index contributed by atoms with van der Waals surface area (Å²) in [6.07, 6.45) is 3.30. The van der Waals surface area contributed by atoms with Gasteiger partial charge in [-0.2, -0.15) is 4.98 Å². The molecule has 0 radical (unpaired) electrons. The van der Waals surface area contributed by atoms with E-state index in [0.717, 1.165) is 48.4 Å². The molecule has 1 aliphatic rings. The highest BCUT2D eigenvalue weighted by Gasteiger charge is 2.17. The van der Waals surface area contributed by atoms with E-state index >= 15 is 0 Å². The van der Waals surface area contributed by atoms with E-state index in [1.807, 2.05) is 37.3 Å². The van der Waals surface area contributed by atoms with Gasteiger partial charge in [0.05, 0.1) is 0 Å². The lowest BCUT2D eigenvalue weighted by atomic mass is 10.0. The zero-order valence-corrected chi connectivity index (χ0v) is 25.6. The van der Waals surface area contributed by atoms with Crippen LogP contribution < -0.4 is 21.1 Å². The van der Waals surface area contributed by atoms with Crippen molar-refractivity contribution in [1.82, 2.24) is 29.7 Å². The summed E-state index contributed by atoms with van der Waals surface area (Å²) in [5.41, 5.74) is 5.37. The molecule has 224 valence electrons. The number of aryl methyl sites for hydroxylation is 1. The molecule has 4 heterocycles. The van der Waals surface area contributed by atoms with Crippen molar-refractivity contribution in [2.75, 3.05) is 50.5 Å². The van der Waals surface area contributed by atoms with Gasteiger partial charge in [0.2, 0.25) is 5.95 Å². The number of carbonyl (C=O) groups excluding carboxylic acids is 1. The van der Waals surface area contributed by atoms with Crippen molar-refractivity contribution in [2.45, 2.75) is 13.5 Å². The number of rotatable bonds is 7. The van der Waals surface area contributed by atoms with Crippen LogP contribution in [0.25, 0.3) is 33.3 Å². The van der Waals surface area contributed by atoms with Crippen LogP contribution in [0.15, 0.2) is 77.9 Å². The van der Waals surface area contributed by atoms with E-state index in [9.17, 15) is 9.59 Å². The third-order valence-electron chi connectivity index (χ3n) is 7.95. The van der Waals surface area contributed by atoms with Gasteiger partial charge in [0.25, 0.3) is 11.5 Å². The number of amides is 1. The Kier molecular flexibility index (Phi) is 8.28. The summed E-state index contributed by atoms with van der Waals surface area (Å²) in [6.45, 7) is 6.46. The summed E-state index contributed by atoms with van der Waals surface area (Å²) in [5, 5.41) is 7.00. The van der Waals surface area contributed by atoms with E-state index in [-0.39, 0.29) is 11.5 Å². The Bertz CT molecular complexity index is 1900. The fourth-order valence-corrected chi connectivity index (χ4v) is 5.71. The fraction of sp³-hybridized carbons (Fsp3) is 0.242. The summed E-state index contributed by atoms with van der Waals surface area (Å²) in [5.74, 6) is 0.139. The first-order chi connectivity index (χ1) is 21.3. The second kappa shape index (κ2) is 12.4. The van der Waals surface area contributed by atoms with Gasteiger partial charge in [0.1, 0.15) is 11.3 Å². The number of pyridine rings is 2. The van der Waals surface area contributed by atoms with Gasteiger partial charge in [0.15, 0.2) is 0 Å². The average Bonchev–Trinajstić information content (AvgIpc) is 3.05. The van der Waals surface area contributed by atoms with Gasteiger partial charge in [-0.15, -0.1) is 0 Å². The largest absolute Gasteiger partial charge is 0.369 e. The van der Waals surface area contributed by atoms with Crippen molar-refractivity contribution in [3.8, 4) is 22.3 Å². The summed E-state index contributed by atoms with van der Waals surface area (Å²) >= 11 is 6.76. The first-order valence-corrected chi connectivity index (χ1v) is 14.9. The molecule has 0 atom stereocenters. The van der Waals surface area contributed by atoms with Gasteiger partial charge in [-0.1, -0.05) is 23.7 Å². The van der Waals surface area contributed by atoms with Crippen LogP contribution >= 0.6 is 11.6 Å². The zero-order chi connectivity index (χ0) is 30.8. The van der Waals surface area contributed by atoms with Crippen molar-refractivity contribution in [3.05, 3.63) is 94.1 Å². The number of nitrogens with zero attached hydrogens (tertiary/aromatic N) is 6. The van der Waals surface area contributed by atoms with E-state index in [0.29, 0.717) is 40.0 Å². The molecule has 5 aromatic rings. The predicted molar refractivity (Wildman–Crippen MR) is 176 cm³/mol. The van der Waals surface area contributed by atoms with Crippen LogP contribution in [0.3, 0.4) is 0 Å². The molecule has 0 unspecified atom stereocenters. The lowest BCUT2D eigenvalue weighted by molar-refractivity contribution is 0.0958. The van der Waals surface area contributed by atoms with E-state index in [1.54, 1.807) is 42.2 Å². The van der Waals surface area contributed by atoms with Gasteiger partial charge >= 0.3 is 0 Å². The Hall–Kier alpha value is -4.80. The van der Waals surface area contributed by atoms with Crippen molar-refractivity contribution in [2.24, 2.45) is 0 Å². The third-order valence-corrected chi connectivity index (χ3v) is 8.26. The number of hydrogen-bond acceptors (Lipinski definition) is 8. The molecule has 1 fully saturated rings. The molecule has 10 nitrogen and oxygen atoms in total. The molecule has 44 heavy (non-hydrogen) atoms. The van der Waals surface area contributed by atoms with Crippen molar-refractivity contribution in [1.29, 1.82) is 0 Å². The number of piperazine rings is 1. The smallest absolute Gasteiger partial charge is 0.269 e. The molecule has 1 saturated heterocycles. The summed E-state index contributed by atoms with van der Waals surface area (Å²) in [7, 11) is 3.71. The standard InChI is InChI=1S/C33H33ClN8O2/c1-4-42-30-23(20-37-33(39-30)38-24-6-8-25(9-7-24)41-15-13-40(3)14-16-41)17-27(32(42)44)26-10-5-21(18-28(26)34)22-11-12-36-29(19-22)31(43)35-2/h5-12,17-20H,4,13-16H2,1-3H3,(H,35,43)(H,37,38,39). The number of halogens is 1. The molecule has 0 spiro atoms. The van der Waals surface area contributed by atoms with Crippen LogP contribution in [0.1, 0.15) is 17.4 Å². The number of likely N-dealkylation sites (N-methyl/N-ethyl adjacent to an activating group) is 1. The number of benzene rings is 2. The highest BCUT2D eigenvalue weighted by atomic mass is 35.5. The highest BCUT2D eigenvalue weighted by molar-refractivity contribution is 6.33. The Morgan fingerprint density at radius 2 is 1.68 bits per heavy atom. The normalized spacial score (nSPS) is 13.7. The summed E-state index contributed by atoms with van der Waals surface area (Å²) < 4.78 is 1.64. The van der Waals surface area contributed by atoms with Gasteiger partial charge < -0.3 is 20.4 Å². The molecular formula is C33H33ClN8O2. The second-order valence-electron chi connectivity index (χ2n) is 10.7. The average molecular weight is 609 g/mol. The molecule has 6 rings (SSSR count). The molecular weight excluding hydrogens is 576 g/mol. The SMILES string of the molecule is CCn1c(=O)c(-c2ccc(-c3ccnc(C(=O)NC)c3)cc2Cl)cc2cnc(Nc3ccc(N4CCN(C)CC4)cc3)nc21. The maximum Gasteiger partial charge on any atom is 0.269 e. The minimum Gasteiger partial charge on any atom is -0.369 e. The number of hydrogen-bond donors (Lipinski definition) is 2. The topological polar surface area (TPSA) is 108 Å². The quantitative estimate of drug-likeness (QED) is 0.264. The van der Waals surface area contributed by atoms with Gasteiger partial charge in [-0.05, 0) is 73.6 Å². The van der Waals surface area contributed by atoms with Crippen LogP contribution in [0.2, 0.25) is 5.02 Å². The lowest BCUT2D eigenvalue weighted by Gasteiger charge is -2.34. The molecule has 2 N–H and O–H groups in total. The minimum atomic E-state index is -0.273. The van der Waals surface area contributed by atoms with E-state index in [2.05, 4.69) is 49.6 Å². The fourth-order valence-electron chi connectivity index (χ4n) is 5.43. The molecule has 11 heteroatoms. The number of aromatic nitrogens is 4. The summed E-state index contributed by atoms with van der Waals surface area (Å²) in [4.78, 5) is 43.9. The lowest BCUT2D eigenvalue weighted by Crippen LogP contribution is -2.44. The Morgan fingerprint density at radius 1 is 0.932 bits per heavy atom. The highest BCUT2D eigenvalue weighted by Crippen LogP contribution is 2.32. The molecule has 0 aliphatic carbocycles.